The van der Waals surface area contributed by atoms with Crippen LogP contribution in [0, 0.1) is 0 Å². The molecule has 0 fully saturated rings. The first-order chi connectivity index (χ1) is 37.5. The van der Waals surface area contributed by atoms with Crippen LogP contribution < -0.4 is 0 Å². The fraction of sp³-hybridized carbons (Fsp3) is 0.929. The number of hydrogen-bond donors (Lipinski definition) is 0. The number of ether oxygens (including phenoxy) is 3. The third kappa shape index (κ3) is 63.0. The molecule has 0 bridgehead atoms. The first-order valence-corrected chi connectivity index (χ1v) is 34.7. The van der Waals surface area contributed by atoms with Crippen LogP contribution in [0.5, 0.6) is 0 Å². The molecule has 0 aliphatic carbocycles. The Hall–Kier alpha value is -1.85. The van der Waals surface area contributed by atoms with Crippen molar-refractivity contribution in [1.82, 2.24) is 0 Å². The molecule has 0 aromatic carbocycles. The number of unbranched alkanes of at least 4 members (excludes halogenated alkanes) is 52. The van der Waals surface area contributed by atoms with Crippen LogP contribution in [0.4, 0.5) is 0 Å². The van der Waals surface area contributed by atoms with E-state index in [2.05, 4.69) is 32.9 Å². The Balaban J connectivity index is 3.95. The third-order valence-electron chi connectivity index (χ3n) is 16.0. The molecule has 0 amide bonds. The quantitative estimate of drug-likeness (QED) is 0.0261. The van der Waals surface area contributed by atoms with Gasteiger partial charge in [0, 0.05) is 19.3 Å². The van der Waals surface area contributed by atoms with E-state index < -0.39 is 6.10 Å². The van der Waals surface area contributed by atoms with Gasteiger partial charge in [-0.3, -0.25) is 14.4 Å². The van der Waals surface area contributed by atoms with Crippen LogP contribution in [0.1, 0.15) is 400 Å². The van der Waals surface area contributed by atoms with Gasteiger partial charge in [-0.15, -0.1) is 0 Å². The van der Waals surface area contributed by atoms with Crippen molar-refractivity contribution < 1.29 is 28.6 Å². The maximum absolute atomic E-state index is 12.8. The Morgan fingerprint density at radius 1 is 0.250 bits per heavy atom. The normalized spacial score (nSPS) is 12.0. The molecule has 6 heteroatoms. The van der Waals surface area contributed by atoms with Crippen molar-refractivity contribution in [2.75, 3.05) is 13.2 Å². The predicted octanol–water partition coefficient (Wildman–Crippen LogP) is 23.6. The predicted molar refractivity (Wildman–Crippen MR) is 330 cm³/mol. The summed E-state index contributed by atoms with van der Waals surface area (Å²) in [6.07, 6.45) is 78.5. The molecule has 0 spiro atoms. The molecule has 0 aromatic rings. The van der Waals surface area contributed by atoms with Crippen LogP contribution in [0.3, 0.4) is 0 Å². The van der Waals surface area contributed by atoms with Crippen molar-refractivity contribution >= 4 is 17.9 Å². The van der Waals surface area contributed by atoms with Gasteiger partial charge in [-0.2, -0.15) is 0 Å². The highest BCUT2D eigenvalue weighted by Gasteiger charge is 2.19. The zero-order valence-electron chi connectivity index (χ0n) is 51.8. The number of carbonyl (C=O) groups excluding carboxylic acids is 3. The zero-order valence-corrected chi connectivity index (χ0v) is 51.8. The lowest BCUT2D eigenvalue weighted by Crippen LogP contribution is -2.30. The van der Waals surface area contributed by atoms with Crippen LogP contribution >= 0.6 is 0 Å². The lowest BCUT2D eigenvalue weighted by Gasteiger charge is -2.18. The van der Waals surface area contributed by atoms with E-state index in [4.69, 9.17) is 14.2 Å². The highest BCUT2D eigenvalue weighted by atomic mass is 16.6. The van der Waals surface area contributed by atoms with Gasteiger partial charge < -0.3 is 14.2 Å². The van der Waals surface area contributed by atoms with E-state index in [-0.39, 0.29) is 31.1 Å². The molecule has 0 heterocycles. The van der Waals surface area contributed by atoms with Gasteiger partial charge in [0.05, 0.1) is 0 Å². The standard InChI is InChI=1S/C70H134O6/c1-4-7-10-13-16-19-21-23-25-26-27-28-29-30-31-32-33-34-35-36-37-38-39-40-41-42-43-45-46-48-51-54-57-60-63-69(72)75-66-67(65-74-68(71)62-59-56-53-50-18-15-12-9-6-3)76-70(73)64-61-58-55-52-49-47-44-24-22-20-17-14-11-8-5-2/h24,44,67H,4-23,25-43,45-66H2,1-3H3/b44-24-. The van der Waals surface area contributed by atoms with Gasteiger partial charge >= 0.3 is 17.9 Å². The van der Waals surface area contributed by atoms with Gasteiger partial charge in [0.25, 0.3) is 0 Å². The average Bonchev–Trinajstić information content (AvgIpc) is 3.42. The largest absolute Gasteiger partial charge is 0.462 e. The van der Waals surface area contributed by atoms with Crippen LogP contribution in [0.25, 0.3) is 0 Å². The van der Waals surface area contributed by atoms with Gasteiger partial charge in [0.15, 0.2) is 6.10 Å². The summed E-state index contributed by atoms with van der Waals surface area (Å²) >= 11 is 0. The van der Waals surface area contributed by atoms with Gasteiger partial charge in [0.2, 0.25) is 0 Å². The van der Waals surface area contributed by atoms with Gasteiger partial charge in [-0.05, 0) is 44.9 Å². The minimum absolute atomic E-state index is 0.0675. The number of hydrogen-bond acceptors (Lipinski definition) is 6. The fourth-order valence-electron chi connectivity index (χ4n) is 10.8. The molecule has 1 atom stereocenters. The van der Waals surface area contributed by atoms with Crippen molar-refractivity contribution in [3.05, 3.63) is 12.2 Å². The summed E-state index contributed by atoms with van der Waals surface area (Å²) in [5.41, 5.74) is 0. The molecule has 0 aliphatic heterocycles. The van der Waals surface area contributed by atoms with Crippen LogP contribution in [-0.4, -0.2) is 37.2 Å². The van der Waals surface area contributed by atoms with E-state index in [9.17, 15) is 14.4 Å². The van der Waals surface area contributed by atoms with Crippen molar-refractivity contribution in [2.24, 2.45) is 0 Å². The summed E-state index contributed by atoms with van der Waals surface area (Å²) in [5.74, 6) is -0.852. The fourth-order valence-corrected chi connectivity index (χ4v) is 10.8. The SMILES string of the molecule is CCCCCCCC/C=C\CCCCCCCC(=O)OC(COC(=O)CCCCCCCCCCC)COC(=O)CCCCCCCCCCCCCCCCCCCCCCCCCCCCCCCCCCCC. The Bertz CT molecular complexity index is 1180. The first-order valence-electron chi connectivity index (χ1n) is 34.7. The maximum Gasteiger partial charge on any atom is 0.306 e. The summed E-state index contributed by atoms with van der Waals surface area (Å²) in [4.78, 5) is 38.1. The molecule has 1 unspecified atom stereocenters. The van der Waals surface area contributed by atoms with E-state index in [1.807, 2.05) is 0 Å². The third-order valence-corrected chi connectivity index (χ3v) is 16.0. The van der Waals surface area contributed by atoms with Crippen molar-refractivity contribution in [3.8, 4) is 0 Å². The number of esters is 3. The second kappa shape index (κ2) is 65.7. The van der Waals surface area contributed by atoms with E-state index >= 15 is 0 Å². The van der Waals surface area contributed by atoms with E-state index in [1.54, 1.807) is 0 Å². The van der Waals surface area contributed by atoms with E-state index in [1.165, 1.54) is 295 Å². The molecule has 450 valence electrons. The summed E-state index contributed by atoms with van der Waals surface area (Å²) in [6.45, 7) is 6.68. The van der Waals surface area contributed by atoms with Crippen LogP contribution in [0.15, 0.2) is 12.2 Å². The molecule has 6 nitrogen and oxygen atoms in total. The molecular formula is C70H134O6. The van der Waals surface area contributed by atoms with Crippen LogP contribution in [0.2, 0.25) is 0 Å². The molecule has 0 aliphatic rings. The van der Waals surface area contributed by atoms with Crippen molar-refractivity contribution in [2.45, 2.75) is 406 Å². The maximum atomic E-state index is 12.8. The summed E-state index contributed by atoms with van der Waals surface area (Å²) in [5, 5.41) is 0. The average molecular weight is 1070 g/mol. The second-order valence-corrected chi connectivity index (χ2v) is 23.8. The van der Waals surface area contributed by atoms with Crippen molar-refractivity contribution in [1.29, 1.82) is 0 Å². The van der Waals surface area contributed by atoms with E-state index in [0.717, 1.165) is 64.2 Å². The molecule has 76 heavy (non-hydrogen) atoms. The van der Waals surface area contributed by atoms with Crippen molar-refractivity contribution in [3.63, 3.8) is 0 Å². The molecule has 0 saturated heterocycles. The van der Waals surface area contributed by atoms with Crippen LogP contribution in [-0.2, 0) is 28.6 Å². The topological polar surface area (TPSA) is 78.9 Å². The summed E-state index contributed by atoms with van der Waals surface area (Å²) in [6, 6.07) is 0. The minimum atomic E-state index is -0.769. The molecule has 0 aromatic heterocycles. The lowest BCUT2D eigenvalue weighted by atomic mass is 10.0. The molecule has 0 saturated carbocycles. The Morgan fingerprint density at radius 3 is 0.658 bits per heavy atom. The summed E-state index contributed by atoms with van der Waals surface area (Å²) in [7, 11) is 0. The smallest absolute Gasteiger partial charge is 0.306 e. The highest BCUT2D eigenvalue weighted by molar-refractivity contribution is 5.71. The lowest BCUT2D eigenvalue weighted by molar-refractivity contribution is -0.167. The molecule has 0 N–H and O–H groups in total. The number of carbonyl (C=O) groups is 3. The first kappa shape index (κ1) is 74.2. The number of allylic oxidation sites excluding steroid dienone is 2. The molecular weight excluding hydrogens is 937 g/mol. The Labute approximate surface area is 475 Å². The minimum Gasteiger partial charge on any atom is -0.462 e. The number of rotatable bonds is 65. The zero-order chi connectivity index (χ0) is 55.0. The van der Waals surface area contributed by atoms with Gasteiger partial charge in [-0.25, -0.2) is 0 Å². The van der Waals surface area contributed by atoms with Gasteiger partial charge in [0.1, 0.15) is 13.2 Å². The van der Waals surface area contributed by atoms with Gasteiger partial charge in [-0.1, -0.05) is 348 Å². The highest BCUT2D eigenvalue weighted by Crippen LogP contribution is 2.19. The summed E-state index contributed by atoms with van der Waals surface area (Å²) < 4.78 is 16.9. The second-order valence-electron chi connectivity index (χ2n) is 23.8. The monoisotopic (exact) mass is 1070 g/mol. The van der Waals surface area contributed by atoms with E-state index in [0.29, 0.717) is 19.3 Å². The Morgan fingerprint density at radius 2 is 0.434 bits per heavy atom. The molecule has 0 radical (unpaired) electrons. The molecule has 0 rings (SSSR count). The Kier molecular flexibility index (Phi) is 64.1.